The number of nitrogens with zero attached hydrogens (tertiary/aromatic N) is 1. The number of rotatable bonds is 4. The van der Waals surface area contributed by atoms with E-state index in [0.717, 1.165) is 32.4 Å². The van der Waals surface area contributed by atoms with Crippen LogP contribution in [0.25, 0.3) is 0 Å². The van der Waals surface area contributed by atoms with Crippen LogP contribution in [0.2, 0.25) is 0 Å². The first-order valence-corrected chi connectivity index (χ1v) is 6.41. The Bertz CT molecular complexity index is 231. The number of alkyl halides is 1. The van der Waals surface area contributed by atoms with Gasteiger partial charge in [-0.05, 0) is 24.7 Å². The molecule has 0 radical (unpaired) electrons. The van der Waals surface area contributed by atoms with Crippen LogP contribution < -0.4 is 0 Å². The maximum Gasteiger partial charge on any atom is 0.236 e. The molecule has 1 unspecified atom stereocenters. The van der Waals surface area contributed by atoms with Gasteiger partial charge in [-0.2, -0.15) is 0 Å². The molecule has 0 aromatic rings. The summed E-state index contributed by atoms with van der Waals surface area (Å²) in [5.41, 5.74) is 0.00840. The summed E-state index contributed by atoms with van der Waals surface area (Å²) in [5, 5.41) is 8.94. The van der Waals surface area contributed by atoms with Crippen molar-refractivity contribution in [1.29, 1.82) is 0 Å². The molecule has 1 aliphatic rings. The van der Waals surface area contributed by atoms with Crippen LogP contribution in [0.15, 0.2) is 0 Å². The van der Waals surface area contributed by atoms with E-state index in [1.807, 2.05) is 4.90 Å². The summed E-state index contributed by atoms with van der Waals surface area (Å²) < 4.78 is 0. The predicted octanol–water partition coefficient (Wildman–Crippen LogP) is 1.78. The fraction of sp³-hybridized carbons (Fsp3) is 0.909. The molecule has 1 rings (SSSR count). The van der Waals surface area contributed by atoms with Crippen LogP contribution in [0.1, 0.15) is 33.1 Å². The van der Waals surface area contributed by atoms with Gasteiger partial charge in [0, 0.05) is 19.7 Å². The summed E-state index contributed by atoms with van der Waals surface area (Å²) >= 11 is 3.40. The number of carbonyl (C=O) groups is 1. The zero-order valence-corrected chi connectivity index (χ0v) is 11.1. The van der Waals surface area contributed by atoms with E-state index in [2.05, 4.69) is 29.8 Å². The Kier molecular flexibility index (Phi) is 4.59. The van der Waals surface area contributed by atoms with E-state index in [0.29, 0.717) is 0 Å². The number of aliphatic hydroxyl groups is 1. The van der Waals surface area contributed by atoms with Crippen LogP contribution in [-0.2, 0) is 4.79 Å². The quantitative estimate of drug-likeness (QED) is 0.796. The monoisotopic (exact) mass is 277 g/mol. The van der Waals surface area contributed by atoms with E-state index in [-0.39, 0.29) is 22.8 Å². The number of aliphatic hydroxyl groups excluding tert-OH is 1. The van der Waals surface area contributed by atoms with Crippen molar-refractivity contribution in [3.8, 4) is 0 Å². The standard InChI is InChI=1S/C11H20BrNO2/c1-11(2,5-7-14)8-13-6-3-4-9(12)10(13)15/h9,14H,3-8H2,1-2H3. The summed E-state index contributed by atoms with van der Waals surface area (Å²) in [6, 6.07) is 0. The maximum absolute atomic E-state index is 11.8. The van der Waals surface area contributed by atoms with E-state index >= 15 is 0 Å². The molecule has 1 heterocycles. The van der Waals surface area contributed by atoms with Gasteiger partial charge >= 0.3 is 0 Å². The fourth-order valence-electron chi connectivity index (χ4n) is 1.95. The molecule has 4 heteroatoms. The van der Waals surface area contributed by atoms with E-state index in [1.165, 1.54) is 0 Å². The minimum atomic E-state index is -0.00354. The molecule has 0 spiro atoms. The number of hydrogen-bond donors (Lipinski definition) is 1. The number of piperidine rings is 1. The van der Waals surface area contributed by atoms with E-state index in [4.69, 9.17) is 5.11 Å². The number of hydrogen-bond acceptors (Lipinski definition) is 2. The van der Waals surface area contributed by atoms with Crippen molar-refractivity contribution in [3.63, 3.8) is 0 Å². The summed E-state index contributed by atoms with van der Waals surface area (Å²) in [7, 11) is 0. The van der Waals surface area contributed by atoms with Gasteiger partial charge in [-0.25, -0.2) is 0 Å². The van der Waals surface area contributed by atoms with Gasteiger partial charge in [-0.3, -0.25) is 4.79 Å². The fourth-order valence-corrected chi connectivity index (χ4v) is 2.56. The Balaban J connectivity index is 2.53. The lowest BCUT2D eigenvalue weighted by molar-refractivity contribution is -0.134. The summed E-state index contributed by atoms with van der Waals surface area (Å²) in [4.78, 5) is 13.7. The normalized spacial score (nSPS) is 23.3. The summed E-state index contributed by atoms with van der Waals surface area (Å²) in [6.45, 7) is 5.97. The molecular formula is C11H20BrNO2. The van der Waals surface area contributed by atoms with Crippen LogP contribution >= 0.6 is 15.9 Å². The van der Waals surface area contributed by atoms with Crippen molar-refractivity contribution in [2.75, 3.05) is 19.7 Å². The number of carbonyl (C=O) groups excluding carboxylic acids is 1. The Hall–Kier alpha value is -0.0900. The first kappa shape index (κ1) is 13.0. The van der Waals surface area contributed by atoms with Crippen LogP contribution in [0.3, 0.4) is 0 Å². The highest BCUT2D eigenvalue weighted by Gasteiger charge is 2.30. The third-order valence-electron chi connectivity index (χ3n) is 2.87. The first-order valence-electron chi connectivity index (χ1n) is 5.50. The minimum Gasteiger partial charge on any atom is -0.396 e. The molecule has 1 N–H and O–H groups in total. The van der Waals surface area contributed by atoms with Gasteiger partial charge in [0.05, 0.1) is 4.83 Å². The van der Waals surface area contributed by atoms with Gasteiger partial charge in [-0.1, -0.05) is 29.8 Å². The van der Waals surface area contributed by atoms with Crippen LogP contribution in [-0.4, -0.2) is 40.4 Å². The van der Waals surface area contributed by atoms with Gasteiger partial charge in [0.2, 0.25) is 5.91 Å². The molecule has 0 bridgehead atoms. The maximum atomic E-state index is 11.8. The predicted molar refractivity (Wildman–Crippen MR) is 64.0 cm³/mol. The smallest absolute Gasteiger partial charge is 0.236 e. The third-order valence-corrected chi connectivity index (χ3v) is 3.72. The molecule has 1 amide bonds. The van der Waals surface area contributed by atoms with Gasteiger partial charge in [0.15, 0.2) is 0 Å². The van der Waals surface area contributed by atoms with E-state index in [1.54, 1.807) is 0 Å². The number of likely N-dealkylation sites (tertiary alicyclic amines) is 1. The average molecular weight is 278 g/mol. The lowest BCUT2D eigenvalue weighted by atomic mass is 9.88. The molecule has 3 nitrogen and oxygen atoms in total. The SMILES string of the molecule is CC(C)(CCO)CN1CCCC(Br)C1=O. The molecule has 0 aliphatic carbocycles. The van der Waals surface area contributed by atoms with Gasteiger partial charge in [-0.15, -0.1) is 0 Å². The van der Waals surface area contributed by atoms with Crippen LogP contribution in [0.4, 0.5) is 0 Å². The minimum absolute atomic E-state index is 0.00354. The van der Waals surface area contributed by atoms with Crippen molar-refractivity contribution in [3.05, 3.63) is 0 Å². The molecule has 0 aromatic heterocycles. The Morgan fingerprint density at radius 3 is 2.87 bits per heavy atom. The molecule has 1 saturated heterocycles. The zero-order valence-electron chi connectivity index (χ0n) is 9.50. The number of halogens is 1. The first-order chi connectivity index (χ1) is 6.96. The highest BCUT2D eigenvalue weighted by atomic mass is 79.9. The van der Waals surface area contributed by atoms with Gasteiger partial charge < -0.3 is 10.0 Å². The molecule has 1 fully saturated rings. The van der Waals surface area contributed by atoms with Crippen LogP contribution in [0.5, 0.6) is 0 Å². The summed E-state index contributed by atoms with van der Waals surface area (Å²) in [6.07, 6.45) is 2.75. The topological polar surface area (TPSA) is 40.5 Å². The lowest BCUT2D eigenvalue weighted by Gasteiger charge is -2.36. The van der Waals surface area contributed by atoms with Gasteiger partial charge in [0.1, 0.15) is 0 Å². The second-order valence-electron chi connectivity index (χ2n) is 5.01. The van der Waals surface area contributed by atoms with Crippen molar-refractivity contribution >= 4 is 21.8 Å². The van der Waals surface area contributed by atoms with Gasteiger partial charge in [0.25, 0.3) is 0 Å². The Labute approximate surface area is 100.0 Å². The van der Waals surface area contributed by atoms with E-state index in [9.17, 15) is 4.79 Å². The molecule has 15 heavy (non-hydrogen) atoms. The third kappa shape index (κ3) is 3.76. The molecule has 88 valence electrons. The highest BCUT2D eigenvalue weighted by molar-refractivity contribution is 9.10. The number of amides is 1. The van der Waals surface area contributed by atoms with Crippen molar-refractivity contribution in [2.45, 2.75) is 37.9 Å². The lowest BCUT2D eigenvalue weighted by Crippen LogP contribution is -2.46. The van der Waals surface area contributed by atoms with Crippen molar-refractivity contribution in [2.24, 2.45) is 5.41 Å². The summed E-state index contributed by atoms with van der Waals surface area (Å²) in [5.74, 6) is 0.201. The zero-order chi connectivity index (χ0) is 11.5. The molecular weight excluding hydrogens is 258 g/mol. The Morgan fingerprint density at radius 1 is 1.60 bits per heavy atom. The molecule has 0 aromatic carbocycles. The highest BCUT2D eigenvalue weighted by Crippen LogP contribution is 2.25. The second-order valence-corrected chi connectivity index (χ2v) is 6.11. The Morgan fingerprint density at radius 2 is 2.27 bits per heavy atom. The average Bonchev–Trinajstić information content (AvgIpc) is 2.12. The van der Waals surface area contributed by atoms with E-state index < -0.39 is 0 Å². The largest absolute Gasteiger partial charge is 0.396 e. The second kappa shape index (κ2) is 5.30. The van der Waals surface area contributed by atoms with Crippen molar-refractivity contribution in [1.82, 2.24) is 4.90 Å². The molecule has 0 saturated carbocycles. The van der Waals surface area contributed by atoms with Crippen LogP contribution in [0, 0.1) is 5.41 Å². The molecule has 1 atom stereocenters. The van der Waals surface area contributed by atoms with Crippen molar-refractivity contribution < 1.29 is 9.90 Å². The molecule has 1 aliphatic heterocycles.